The molecule has 2 heterocycles. The SMILES string of the molecule is CC(C)N1CCC(NC(=O)c2ccoc2Cl)CC1. The van der Waals surface area contributed by atoms with E-state index in [-0.39, 0.29) is 17.2 Å². The lowest BCUT2D eigenvalue weighted by Crippen LogP contribution is -2.46. The van der Waals surface area contributed by atoms with Crippen LogP contribution in [0.5, 0.6) is 0 Å². The molecule has 0 bridgehead atoms. The van der Waals surface area contributed by atoms with Gasteiger partial charge in [-0.2, -0.15) is 0 Å². The van der Waals surface area contributed by atoms with Gasteiger partial charge in [0.25, 0.3) is 5.91 Å². The fraction of sp³-hybridized carbons (Fsp3) is 0.615. The molecular formula is C13H19ClN2O2. The molecule has 18 heavy (non-hydrogen) atoms. The molecule has 1 fully saturated rings. The van der Waals surface area contributed by atoms with E-state index in [4.69, 9.17) is 16.0 Å². The summed E-state index contributed by atoms with van der Waals surface area (Å²) in [6, 6.07) is 2.41. The molecule has 0 aromatic carbocycles. The number of nitrogens with one attached hydrogen (secondary N) is 1. The van der Waals surface area contributed by atoms with Crippen molar-refractivity contribution in [2.24, 2.45) is 0 Å². The van der Waals surface area contributed by atoms with Crippen LogP contribution in [0, 0.1) is 0 Å². The van der Waals surface area contributed by atoms with Crippen molar-refractivity contribution < 1.29 is 9.21 Å². The molecule has 0 atom stereocenters. The van der Waals surface area contributed by atoms with Crippen molar-refractivity contribution in [3.8, 4) is 0 Å². The number of hydrogen-bond acceptors (Lipinski definition) is 3. The summed E-state index contributed by atoms with van der Waals surface area (Å²) in [5.41, 5.74) is 0.419. The van der Waals surface area contributed by atoms with Crippen molar-refractivity contribution in [1.29, 1.82) is 0 Å². The zero-order valence-electron chi connectivity index (χ0n) is 10.8. The molecule has 5 heteroatoms. The number of carbonyl (C=O) groups is 1. The molecule has 4 nitrogen and oxygen atoms in total. The monoisotopic (exact) mass is 270 g/mol. The maximum atomic E-state index is 11.9. The summed E-state index contributed by atoms with van der Waals surface area (Å²) in [4.78, 5) is 14.4. The van der Waals surface area contributed by atoms with Crippen LogP contribution in [0.1, 0.15) is 37.0 Å². The van der Waals surface area contributed by atoms with E-state index < -0.39 is 0 Å². The number of nitrogens with zero attached hydrogens (tertiary/aromatic N) is 1. The van der Waals surface area contributed by atoms with E-state index in [1.165, 1.54) is 6.26 Å². The van der Waals surface area contributed by atoms with Gasteiger partial charge in [0.2, 0.25) is 5.22 Å². The van der Waals surface area contributed by atoms with E-state index in [9.17, 15) is 4.79 Å². The van der Waals surface area contributed by atoms with Crippen LogP contribution in [0.4, 0.5) is 0 Å². The maximum Gasteiger partial charge on any atom is 0.256 e. The van der Waals surface area contributed by atoms with Crippen LogP contribution in [-0.4, -0.2) is 36.0 Å². The van der Waals surface area contributed by atoms with Gasteiger partial charge in [0.15, 0.2) is 0 Å². The Kier molecular flexibility index (Phi) is 4.30. The van der Waals surface area contributed by atoms with Crippen molar-refractivity contribution in [3.63, 3.8) is 0 Å². The standard InChI is InChI=1S/C13H19ClN2O2/c1-9(2)16-6-3-10(4-7-16)15-13(17)11-5-8-18-12(11)14/h5,8-10H,3-4,6-7H2,1-2H3,(H,15,17). The summed E-state index contributed by atoms with van der Waals surface area (Å²) in [6.07, 6.45) is 3.40. The average Bonchev–Trinajstić information content (AvgIpc) is 2.76. The highest BCUT2D eigenvalue weighted by Gasteiger charge is 2.23. The Bertz CT molecular complexity index is 409. The number of likely N-dealkylation sites (tertiary alicyclic amines) is 1. The van der Waals surface area contributed by atoms with Crippen LogP contribution >= 0.6 is 11.6 Å². The fourth-order valence-corrected chi connectivity index (χ4v) is 2.48. The molecule has 1 aliphatic rings. The third-order valence-electron chi connectivity index (χ3n) is 3.46. The molecule has 2 rings (SSSR count). The van der Waals surface area contributed by atoms with E-state index in [0.29, 0.717) is 11.6 Å². The van der Waals surface area contributed by atoms with E-state index in [1.54, 1.807) is 6.07 Å². The number of piperidine rings is 1. The van der Waals surface area contributed by atoms with E-state index in [1.807, 2.05) is 0 Å². The van der Waals surface area contributed by atoms with Gasteiger partial charge in [0.1, 0.15) is 0 Å². The summed E-state index contributed by atoms with van der Waals surface area (Å²) in [5.74, 6) is -0.142. The topological polar surface area (TPSA) is 45.5 Å². The Labute approximate surface area is 112 Å². The molecule has 0 unspecified atom stereocenters. The Balaban J connectivity index is 1.85. The van der Waals surface area contributed by atoms with Crippen molar-refractivity contribution in [2.75, 3.05) is 13.1 Å². The molecule has 1 aromatic heterocycles. The van der Waals surface area contributed by atoms with Gasteiger partial charge in [-0.05, 0) is 44.4 Å². The quantitative estimate of drug-likeness (QED) is 0.918. The molecule has 0 radical (unpaired) electrons. The summed E-state index contributed by atoms with van der Waals surface area (Å²) in [7, 11) is 0. The van der Waals surface area contributed by atoms with E-state index >= 15 is 0 Å². The van der Waals surface area contributed by atoms with Crippen LogP contribution in [-0.2, 0) is 0 Å². The van der Waals surface area contributed by atoms with Crippen LogP contribution < -0.4 is 5.32 Å². The molecule has 0 spiro atoms. The highest BCUT2D eigenvalue weighted by molar-refractivity contribution is 6.32. The first-order valence-electron chi connectivity index (χ1n) is 6.36. The second kappa shape index (κ2) is 5.76. The number of rotatable bonds is 3. The zero-order chi connectivity index (χ0) is 13.1. The lowest BCUT2D eigenvalue weighted by molar-refractivity contribution is 0.0900. The van der Waals surface area contributed by atoms with Gasteiger partial charge in [0.05, 0.1) is 11.8 Å². The summed E-state index contributed by atoms with van der Waals surface area (Å²) >= 11 is 5.78. The summed E-state index contributed by atoms with van der Waals surface area (Å²) < 4.78 is 4.92. The minimum atomic E-state index is -0.142. The molecule has 1 amide bonds. The van der Waals surface area contributed by atoms with Gasteiger partial charge < -0.3 is 14.6 Å². The molecule has 1 aliphatic heterocycles. The van der Waals surface area contributed by atoms with Crippen LogP contribution in [0.25, 0.3) is 0 Å². The highest BCUT2D eigenvalue weighted by Crippen LogP contribution is 2.18. The van der Waals surface area contributed by atoms with Crippen LogP contribution in [0.3, 0.4) is 0 Å². The maximum absolute atomic E-state index is 11.9. The average molecular weight is 271 g/mol. The largest absolute Gasteiger partial charge is 0.452 e. The lowest BCUT2D eigenvalue weighted by atomic mass is 10.0. The highest BCUT2D eigenvalue weighted by atomic mass is 35.5. The normalized spacial score (nSPS) is 18.2. The van der Waals surface area contributed by atoms with Crippen molar-refractivity contribution in [3.05, 3.63) is 23.1 Å². The fourth-order valence-electron chi connectivity index (χ4n) is 2.28. The second-order valence-electron chi connectivity index (χ2n) is 4.99. The predicted octanol–water partition coefficient (Wildman–Crippen LogP) is 2.54. The predicted molar refractivity (Wildman–Crippen MR) is 70.9 cm³/mol. The molecule has 0 aliphatic carbocycles. The summed E-state index contributed by atoms with van der Waals surface area (Å²) in [5, 5.41) is 3.17. The van der Waals surface area contributed by atoms with Crippen molar-refractivity contribution >= 4 is 17.5 Å². The number of carbonyl (C=O) groups excluding carboxylic acids is 1. The van der Waals surface area contributed by atoms with Gasteiger partial charge in [-0.1, -0.05) is 0 Å². The van der Waals surface area contributed by atoms with Gasteiger partial charge >= 0.3 is 0 Å². The minimum absolute atomic E-state index is 0.142. The number of furan rings is 1. The molecule has 100 valence electrons. The smallest absolute Gasteiger partial charge is 0.256 e. The van der Waals surface area contributed by atoms with Crippen LogP contribution in [0.15, 0.2) is 16.7 Å². The van der Waals surface area contributed by atoms with E-state index in [2.05, 4.69) is 24.1 Å². The molecule has 0 saturated carbocycles. The zero-order valence-corrected chi connectivity index (χ0v) is 11.5. The molecule has 1 N–H and O–H groups in total. The Morgan fingerprint density at radius 3 is 2.67 bits per heavy atom. The first kappa shape index (κ1) is 13.4. The van der Waals surface area contributed by atoms with Gasteiger partial charge in [0, 0.05) is 25.2 Å². The number of halogens is 1. The molecular weight excluding hydrogens is 252 g/mol. The van der Waals surface area contributed by atoms with E-state index in [0.717, 1.165) is 25.9 Å². The van der Waals surface area contributed by atoms with Gasteiger partial charge in [-0.25, -0.2) is 0 Å². The molecule has 1 aromatic rings. The Hall–Kier alpha value is -1.00. The third kappa shape index (κ3) is 3.06. The first-order valence-corrected chi connectivity index (χ1v) is 6.73. The Morgan fingerprint density at radius 2 is 2.17 bits per heavy atom. The van der Waals surface area contributed by atoms with Gasteiger partial charge in [-0.3, -0.25) is 4.79 Å². The minimum Gasteiger partial charge on any atom is -0.452 e. The first-order chi connectivity index (χ1) is 8.58. The number of hydrogen-bond donors (Lipinski definition) is 1. The van der Waals surface area contributed by atoms with Crippen molar-refractivity contribution in [1.82, 2.24) is 10.2 Å². The summed E-state index contributed by atoms with van der Waals surface area (Å²) in [6.45, 7) is 6.46. The lowest BCUT2D eigenvalue weighted by Gasteiger charge is -2.34. The molecule has 1 saturated heterocycles. The van der Waals surface area contributed by atoms with Crippen molar-refractivity contribution in [2.45, 2.75) is 38.8 Å². The second-order valence-corrected chi connectivity index (χ2v) is 5.33. The third-order valence-corrected chi connectivity index (χ3v) is 3.75. The van der Waals surface area contributed by atoms with Gasteiger partial charge in [-0.15, -0.1) is 0 Å². The van der Waals surface area contributed by atoms with Crippen LogP contribution in [0.2, 0.25) is 5.22 Å². The number of amides is 1. The Morgan fingerprint density at radius 1 is 1.50 bits per heavy atom.